The Balaban J connectivity index is 1.37. The second-order valence-electron chi connectivity index (χ2n) is 9.33. The van der Waals surface area contributed by atoms with E-state index in [0.717, 1.165) is 44.2 Å². The number of benzene rings is 3. The van der Waals surface area contributed by atoms with Crippen LogP contribution in [0.25, 0.3) is 21.9 Å². The van der Waals surface area contributed by atoms with E-state index in [9.17, 15) is 4.79 Å². The Bertz CT molecular complexity index is 1540. The minimum Gasteiger partial charge on any atom is -0.378 e. The van der Waals surface area contributed by atoms with E-state index in [1.807, 2.05) is 35.8 Å². The summed E-state index contributed by atoms with van der Waals surface area (Å²) in [5, 5.41) is 2.30. The number of ether oxygens (including phenoxy) is 1. The number of imidazole rings is 1. The summed E-state index contributed by atoms with van der Waals surface area (Å²) in [4.78, 5) is 20.0. The van der Waals surface area contributed by atoms with Crippen LogP contribution < -0.4 is 0 Å². The van der Waals surface area contributed by atoms with Gasteiger partial charge in [0.1, 0.15) is 0 Å². The molecule has 2 aromatic heterocycles. The smallest absolute Gasteiger partial charge is 0.256 e. The highest BCUT2D eigenvalue weighted by molar-refractivity contribution is 9.10. The molecule has 1 fully saturated rings. The molecule has 1 saturated heterocycles. The van der Waals surface area contributed by atoms with Crippen LogP contribution in [-0.2, 0) is 17.8 Å². The van der Waals surface area contributed by atoms with Crippen molar-refractivity contribution in [1.82, 2.24) is 19.0 Å². The van der Waals surface area contributed by atoms with Crippen molar-refractivity contribution in [1.29, 1.82) is 0 Å². The molecular formula is C30H27BrN4O2. The summed E-state index contributed by atoms with van der Waals surface area (Å²) in [5.41, 5.74) is 5.02. The second-order valence-corrected chi connectivity index (χ2v) is 10.2. The van der Waals surface area contributed by atoms with Gasteiger partial charge in [0.2, 0.25) is 0 Å². The summed E-state index contributed by atoms with van der Waals surface area (Å²) in [6.45, 7) is 3.72. The maximum absolute atomic E-state index is 13.7. The first-order valence-electron chi connectivity index (χ1n) is 12.4. The van der Waals surface area contributed by atoms with Gasteiger partial charge >= 0.3 is 0 Å². The monoisotopic (exact) mass is 554 g/mol. The first-order valence-corrected chi connectivity index (χ1v) is 13.2. The molecule has 1 amide bonds. The molecule has 0 radical (unpaired) electrons. The lowest BCUT2D eigenvalue weighted by molar-refractivity contribution is 0.0303. The Morgan fingerprint density at radius 1 is 0.892 bits per heavy atom. The van der Waals surface area contributed by atoms with E-state index in [1.54, 1.807) is 0 Å². The molecule has 37 heavy (non-hydrogen) atoms. The first kappa shape index (κ1) is 23.7. The third-order valence-corrected chi connectivity index (χ3v) is 7.43. The molecule has 7 heteroatoms. The van der Waals surface area contributed by atoms with Crippen LogP contribution in [0.2, 0.25) is 0 Å². The average molecular weight is 555 g/mol. The van der Waals surface area contributed by atoms with Crippen molar-refractivity contribution >= 4 is 32.6 Å². The van der Waals surface area contributed by atoms with E-state index >= 15 is 0 Å². The molecule has 3 heterocycles. The Hall–Kier alpha value is -3.68. The molecule has 0 aliphatic carbocycles. The quantitative estimate of drug-likeness (QED) is 0.265. The van der Waals surface area contributed by atoms with Gasteiger partial charge in [0.05, 0.1) is 37.3 Å². The molecule has 3 aromatic carbocycles. The fourth-order valence-electron chi connectivity index (χ4n) is 4.98. The van der Waals surface area contributed by atoms with E-state index < -0.39 is 0 Å². The van der Waals surface area contributed by atoms with Crippen LogP contribution in [0.5, 0.6) is 0 Å². The zero-order valence-electron chi connectivity index (χ0n) is 20.4. The van der Waals surface area contributed by atoms with Crippen LogP contribution in [0, 0.1) is 0 Å². The summed E-state index contributed by atoms with van der Waals surface area (Å²) < 4.78 is 10.8. The highest BCUT2D eigenvalue weighted by Gasteiger charge is 2.24. The summed E-state index contributed by atoms with van der Waals surface area (Å²) in [5.74, 6) is 0.0494. The number of hydrogen-bond acceptors (Lipinski definition) is 3. The molecular weight excluding hydrogens is 528 g/mol. The number of rotatable bonds is 6. The number of halogens is 1. The van der Waals surface area contributed by atoms with Crippen molar-refractivity contribution in [3.63, 3.8) is 0 Å². The lowest BCUT2D eigenvalue weighted by Crippen LogP contribution is -2.40. The highest BCUT2D eigenvalue weighted by atomic mass is 79.9. The summed E-state index contributed by atoms with van der Waals surface area (Å²) in [7, 11) is 0. The van der Waals surface area contributed by atoms with E-state index in [1.165, 1.54) is 5.56 Å². The van der Waals surface area contributed by atoms with Gasteiger partial charge in [0.25, 0.3) is 5.91 Å². The second kappa shape index (κ2) is 10.4. The number of carbonyl (C=O) groups is 1. The fourth-order valence-corrected chi connectivity index (χ4v) is 5.24. The van der Waals surface area contributed by atoms with Crippen molar-refractivity contribution in [3.05, 3.63) is 113 Å². The van der Waals surface area contributed by atoms with Gasteiger partial charge in [-0.1, -0.05) is 70.5 Å². The number of carbonyl (C=O) groups excluding carboxylic acids is 1. The topological polar surface area (TPSA) is 52.3 Å². The highest BCUT2D eigenvalue weighted by Crippen LogP contribution is 2.33. The van der Waals surface area contributed by atoms with Crippen LogP contribution in [0.1, 0.15) is 21.6 Å². The lowest BCUT2D eigenvalue weighted by atomic mass is 9.97. The predicted molar refractivity (Wildman–Crippen MR) is 149 cm³/mol. The molecule has 6 rings (SSSR count). The van der Waals surface area contributed by atoms with Crippen LogP contribution in [0.3, 0.4) is 0 Å². The summed E-state index contributed by atoms with van der Waals surface area (Å²) >= 11 is 3.51. The van der Waals surface area contributed by atoms with Gasteiger partial charge in [0.15, 0.2) is 0 Å². The third kappa shape index (κ3) is 4.97. The molecule has 0 atom stereocenters. The maximum Gasteiger partial charge on any atom is 0.256 e. The summed E-state index contributed by atoms with van der Waals surface area (Å²) in [6, 6.07) is 22.9. The number of aromatic nitrogens is 3. The van der Waals surface area contributed by atoms with Crippen LogP contribution in [0.15, 0.2) is 96.1 Å². The van der Waals surface area contributed by atoms with Gasteiger partial charge in [-0.05, 0) is 34.0 Å². The third-order valence-electron chi connectivity index (χ3n) is 6.90. The average Bonchev–Trinajstić information content (AvgIpc) is 3.56. The molecule has 0 bridgehead atoms. The van der Waals surface area contributed by atoms with Crippen molar-refractivity contribution in [2.24, 2.45) is 0 Å². The standard InChI is InChI=1S/C30H27BrN4O2/c31-24-10-8-22(9-11-24)17-35-21-32-16-25(35)18-33-19-28(27-7-3-5-23-4-1-2-6-26(23)27)29(20-33)30(36)34-12-14-37-15-13-34/h1-11,16,19-21H,12-15,17-18H2. The number of morpholine rings is 1. The van der Waals surface area contributed by atoms with Crippen LogP contribution >= 0.6 is 15.9 Å². The number of hydrogen-bond donors (Lipinski definition) is 0. The Morgan fingerprint density at radius 3 is 2.51 bits per heavy atom. The number of amides is 1. The minimum atomic E-state index is 0.0494. The van der Waals surface area contributed by atoms with E-state index in [-0.39, 0.29) is 5.91 Å². The molecule has 5 aromatic rings. The van der Waals surface area contributed by atoms with Gasteiger partial charge in [-0.2, -0.15) is 0 Å². The number of fused-ring (bicyclic) bond motifs is 1. The normalized spacial score (nSPS) is 13.8. The van der Waals surface area contributed by atoms with E-state index in [0.29, 0.717) is 32.8 Å². The van der Waals surface area contributed by atoms with Crippen LogP contribution in [0.4, 0.5) is 0 Å². The van der Waals surface area contributed by atoms with Crippen molar-refractivity contribution in [2.45, 2.75) is 13.1 Å². The minimum absolute atomic E-state index is 0.0494. The van der Waals surface area contributed by atoms with Crippen molar-refractivity contribution in [2.75, 3.05) is 26.3 Å². The maximum atomic E-state index is 13.7. The fraction of sp³-hybridized carbons (Fsp3) is 0.200. The van der Waals surface area contributed by atoms with Gasteiger partial charge in [0, 0.05) is 48.3 Å². The largest absolute Gasteiger partial charge is 0.378 e. The molecule has 0 unspecified atom stereocenters. The zero-order chi connectivity index (χ0) is 25.2. The zero-order valence-corrected chi connectivity index (χ0v) is 22.0. The molecule has 6 nitrogen and oxygen atoms in total. The van der Waals surface area contributed by atoms with Gasteiger partial charge in [-0.3, -0.25) is 4.79 Å². The van der Waals surface area contributed by atoms with Crippen molar-refractivity contribution in [3.8, 4) is 11.1 Å². The molecule has 186 valence electrons. The van der Waals surface area contributed by atoms with E-state index in [4.69, 9.17) is 4.74 Å². The van der Waals surface area contributed by atoms with E-state index in [2.05, 4.69) is 90.8 Å². The van der Waals surface area contributed by atoms with Crippen molar-refractivity contribution < 1.29 is 9.53 Å². The Labute approximate surface area is 224 Å². The predicted octanol–water partition coefficient (Wildman–Crippen LogP) is 5.84. The van der Waals surface area contributed by atoms with Crippen LogP contribution in [-0.4, -0.2) is 51.2 Å². The number of nitrogens with zero attached hydrogens (tertiary/aromatic N) is 4. The summed E-state index contributed by atoms with van der Waals surface area (Å²) in [6.07, 6.45) is 7.87. The molecule has 1 aliphatic heterocycles. The molecule has 0 N–H and O–H groups in total. The first-order chi connectivity index (χ1) is 18.2. The Kier molecular flexibility index (Phi) is 6.64. The molecule has 0 saturated carbocycles. The van der Waals surface area contributed by atoms with Gasteiger partial charge in [-0.25, -0.2) is 4.98 Å². The van der Waals surface area contributed by atoms with Gasteiger partial charge < -0.3 is 18.8 Å². The van der Waals surface area contributed by atoms with Gasteiger partial charge in [-0.15, -0.1) is 0 Å². The Morgan fingerprint density at radius 2 is 1.68 bits per heavy atom. The molecule has 0 spiro atoms. The SMILES string of the molecule is O=C(c1cn(Cc2cncn2Cc2ccc(Br)cc2)cc1-c1cccc2ccccc12)N1CCOCC1. The molecule has 1 aliphatic rings. The lowest BCUT2D eigenvalue weighted by Gasteiger charge is -2.27.